The molecule has 6 heteroatoms. The number of aromatic nitrogens is 2. The van der Waals surface area contributed by atoms with Crippen LogP contribution < -0.4 is 10.6 Å². The molecule has 2 N–H and O–H groups in total. The molecule has 152 valence electrons. The Balaban J connectivity index is 1.80. The molecule has 30 heavy (non-hydrogen) atoms. The van der Waals surface area contributed by atoms with Crippen LogP contribution >= 0.6 is 0 Å². The normalized spacial score (nSPS) is 10.7. The lowest BCUT2D eigenvalue weighted by Gasteiger charge is -2.20. The van der Waals surface area contributed by atoms with Gasteiger partial charge in [0, 0.05) is 23.8 Å². The number of hydrogen-bond acceptors (Lipinski definition) is 5. The van der Waals surface area contributed by atoms with Crippen molar-refractivity contribution in [3.05, 3.63) is 77.1 Å². The van der Waals surface area contributed by atoms with Crippen LogP contribution in [0.1, 0.15) is 66.6 Å². The van der Waals surface area contributed by atoms with Gasteiger partial charge in [-0.1, -0.05) is 52.0 Å². The largest absolute Gasteiger partial charge is 0.324 e. The van der Waals surface area contributed by atoms with Crippen LogP contribution in [0.5, 0.6) is 0 Å². The number of nitrogens with one attached hydrogen (secondary N) is 2. The quantitative estimate of drug-likeness (QED) is 0.564. The summed E-state index contributed by atoms with van der Waals surface area (Å²) in [5.41, 5.74) is 4.78. The third-order valence-electron chi connectivity index (χ3n) is 4.77. The topological polar surface area (TPSA) is 90.7 Å². The average Bonchev–Trinajstić information content (AvgIpc) is 2.74. The summed E-state index contributed by atoms with van der Waals surface area (Å²) in [7, 11) is 0. The molecule has 3 aromatic rings. The van der Waals surface area contributed by atoms with E-state index in [4.69, 9.17) is 5.26 Å². The summed E-state index contributed by atoms with van der Waals surface area (Å²) in [5.74, 6) is 0.802. The molecule has 0 unspecified atom stereocenters. The molecule has 0 atom stereocenters. The van der Waals surface area contributed by atoms with E-state index in [1.807, 2.05) is 0 Å². The Morgan fingerprint density at radius 3 is 2.13 bits per heavy atom. The van der Waals surface area contributed by atoms with Gasteiger partial charge in [0.25, 0.3) is 5.91 Å². The molecule has 1 heterocycles. The van der Waals surface area contributed by atoms with Gasteiger partial charge in [-0.05, 0) is 41.2 Å². The fraction of sp³-hybridized carbons (Fsp3) is 0.250. The van der Waals surface area contributed by atoms with E-state index in [9.17, 15) is 4.79 Å². The number of para-hydroxylation sites is 1. The van der Waals surface area contributed by atoms with E-state index < -0.39 is 0 Å². The first kappa shape index (κ1) is 21.0. The van der Waals surface area contributed by atoms with E-state index in [0.29, 0.717) is 34.6 Å². The van der Waals surface area contributed by atoms with Crippen molar-refractivity contribution in [1.29, 1.82) is 5.26 Å². The monoisotopic (exact) mass is 399 g/mol. The Hall–Kier alpha value is -3.72. The highest BCUT2D eigenvalue weighted by Gasteiger charge is 2.15. The average molecular weight is 399 g/mol. The van der Waals surface area contributed by atoms with Crippen LogP contribution in [0.3, 0.4) is 0 Å². The number of amides is 1. The molecule has 0 fully saturated rings. The third kappa shape index (κ3) is 4.81. The molecular formula is C24H25N5O. The summed E-state index contributed by atoms with van der Waals surface area (Å²) < 4.78 is 0. The molecule has 0 bridgehead atoms. The fourth-order valence-corrected chi connectivity index (χ4v) is 3.19. The van der Waals surface area contributed by atoms with Gasteiger partial charge >= 0.3 is 0 Å². The Morgan fingerprint density at radius 1 is 0.967 bits per heavy atom. The zero-order valence-corrected chi connectivity index (χ0v) is 17.6. The second-order valence-corrected chi connectivity index (χ2v) is 7.69. The smallest absolute Gasteiger partial charge is 0.258 e. The van der Waals surface area contributed by atoms with Crippen LogP contribution in [0.2, 0.25) is 0 Å². The summed E-state index contributed by atoms with van der Waals surface area (Å²) in [5, 5.41) is 15.1. The second-order valence-electron chi connectivity index (χ2n) is 7.69. The Kier molecular flexibility index (Phi) is 6.43. The molecule has 0 saturated carbocycles. The van der Waals surface area contributed by atoms with Crippen molar-refractivity contribution in [2.75, 3.05) is 10.6 Å². The van der Waals surface area contributed by atoms with Gasteiger partial charge in [-0.2, -0.15) is 5.26 Å². The zero-order chi connectivity index (χ0) is 21.7. The predicted molar refractivity (Wildman–Crippen MR) is 119 cm³/mol. The number of hydrogen-bond donors (Lipinski definition) is 2. The first-order valence-corrected chi connectivity index (χ1v) is 9.92. The van der Waals surface area contributed by atoms with E-state index in [-0.39, 0.29) is 5.91 Å². The zero-order valence-electron chi connectivity index (χ0n) is 17.6. The van der Waals surface area contributed by atoms with Gasteiger partial charge in [0.15, 0.2) is 0 Å². The molecular weight excluding hydrogens is 374 g/mol. The molecule has 0 saturated heterocycles. The van der Waals surface area contributed by atoms with Gasteiger partial charge in [0.2, 0.25) is 5.95 Å². The lowest BCUT2D eigenvalue weighted by molar-refractivity contribution is 0.102. The Bertz CT molecular complexity index is 1060. The number of nitriles is 1. The standard InChI is InChI=1S/C24H25N5O/c1-15(2)20-9-6-10-21(16(3)4)22(20)29-24-26-13-18(14-27-24)23(30)28-19-8-5-7-17(11-19)12-25/h5-11,13-16H,1-4H3,(H,28,30)(H,26,27,29). The van der Waals surface area contributed by atoms with Crippen molar-refractivity contribution in [2.45, 2.75) is 39.5 Å². The lowest BCUT2D eigenvalue weighted by Crippen LogP contribution is -2.13. The Morgan fingerprint density at radius 2 is 1.57 bits per heavy atom. The highest BCUT2D eigenvalue weighted by molar-refractivity contribution is 6.04. The van der Waals surface area contributed by atoms with E-state index in [0.717, 1.165) is 5.69 Å². The van der Waals surface area contributed by atoms with Crippen molar-refractivity contribution in [3.63, 3.8) is 0 Å². The highest BCUT2D eigenvalue weighted by Crippen LogP contribution is 2.33. The summed E-state index contributed by atoms with van der Waals surface area (Å²) in [6, 6.07) is 15.1. The maximum atomic E-state index is 12.5. The molecule has 6 nitrogen and oxygen atoms in total. The summed E-state index contributed by atoms with van der Waals surface area (Å²) >= 11 is 0. The van der Waals surface area contributed by atoms with Crippen LogP contribution in [-0.4, -0.2) is 15.9 Å². The number of anilines is 3. The van der Waals surface area contributed by atoms with E-state index >= 15 is 0 Å². The second kappa shape index (κ2) is 9.19. The summed E-state index contributed by atoms with van der Waals surface area (Å²) in [6.07, 6.45) is 2.98. The Labute approximate surface area is 177 Å². The van der Waals surface area contributed by atoms with Gasteiger partial charge in [-0.15, -0.1) is 0 Å². The lowest BCUT2D eigenvalue weighted by atomic mass is 9.93. The van der Waals surface area contributed by atoms with Gasteiger partial charge in [-0.25, -0.2) is 9.97 Å². The van der Waals surface area contributed by atoms with Crippen molar-refractivity contribution in [1.82, 2.24) is 9.97 Å². The van der Waals surface area contributed by atoms with Gasteiger partial charge in [-0.3, -0.25) is 4.79 Å². The number of nitrogens with zero attached hydrogens (tertiary/aromatic N) is 3. The van der Waals surface area contributed by atoms with Crippen LogP contribution in [-0.2, 0) is 0 Å². The van der Waals surface area contributed by atoms with Crippen molar-refractivity contribution >= 4 is 23.2 Å². The third-order valence-corrected chi connectivity index (χ3v) is 4.77. The minimum Gasteiger partial charge on any atom is -0.324 e. The van der Waals surface area contributed by atoms with E-state index in [1.165, 1.54) is 23.5 Å². The van der Waals surface area contributed by atoms with E-state index in [1.54, 1.807) is 24.3 Å². The van der Waals surface area contributed by atoms with Gasteiger partial charge in [0.05, 0.1) is 17.2 Å². The molecule has 1 aromatic heterocycles. The molecule has 0 spiro atoms. The number of carbonyl (C=O) groups is 1. The van der Waals surface area contributed by atoms with Gasteiger partial charge in [0.1, 0.15) is 0 Å². The van der Waals surface area contributed by atoms with Crippen LogP contribution in [0.15, 0.2) is 54.9 Å². The molecule has 0 aliphatic rings. The molecule has 0 radical (unpaired) electrons. The van der Waals surface area contributed by atoms with Gasteiger partial charge < -0.3 is 10.6 Å². The molecule has 3 rings (SSSR count). The molecule has 0 aliphatic carbocycles. The first-order chi connectivity index (χ1) is 14.4. The number of benzene rings is 2. The summed E-state index contributed by atoms with van der Waals surface area (Å²) in [6.45, 7) is 8.61. The van der Waals surface area contributed by atoms with Crippen LogP contribution in [0.25, 0.3) is 0 Å². The van der Waals surface area contributed by atoms with Crippen LogP contribution in [0.4, 0.5) is 17.3 Å². The van der Waals surface area contributed by atoms with Crippen LogP contribution in [0, 0.1) is 11.3 Å². The minimum absolute atomic E-state index is 0.331. The SMILES string of the molecule is CC(C)c1cccc(C(C)C)c1Nc1ncc(C(=O)Nc2cccc(C#N)c2)cn1. The maximum absolute atomic E-state index is 12.5. The minimum atomic E-state index is -0.331. The van der Waals surface area contributed by atoms with Crippen molar-refractivity contribution < 1.29 is 4.79 Å². The number of carbonyl (C=O) groups excluding carboxylic acids is 1. The fourth-order valence-electron chi connectivity index (χ4n) is 3.19. The number of rotatable bonds is 6. The maximum Gasteiger partial charge on any atom is 0.258 e. The van der Waals surface area contributed by atoms with E-state index in [2.05, 4.69) is 72.6 Å². The predicted octanol–water partition coefficient (Wildman–Crippen LogP) is 5.59. The summed E-state index contributed by atoms with van der Waals surface area (Å²) in [4.78, 5) is 21.1. The highest BCUT2D eigenvalue weighted by atomic mass is 16.1. The van der Waals surface area contributed by atoms with Crippen molar-refractivity contribution in [3.8, 4) is 6.07 Å². The molecule has 2 aromatic carbocycles. The first-order valence-electron chi connectivity index (χ1n) is 9.92. The molecule has 1 amide bonds. The van der Waals surface area contributed by atoms with Crippen molar-refractivity contribution in [2.24, 2.45) is 0 Å². The molecule has 0 aliphatic heterocycles.